The van der Waals surface area contributed by atoms with Crippen molar-refractivity contribution in [3.8, 4) is 0 Å². The van der Waals surface area contributed by atoms with Crippen LogP contribution in [-0.4, -0.2) is 17.9 Å². The van der Waals surface area contributed by atoms with Crippen LogP contribution in [0.4, 0.5) is 0 Å². The van der Waals surface area contributed by atoms with Crippen molar-refractivity contribution >= 4 is 18.0 Å². The molecule has 0 saturated heterocycles. The van der Waals surface area contributed by atoms with E-state index in [1.165, 1.54) is 6.08 Å². The number of carboxylic acid groups (broad SMARTS) is 1. The number of aliphatic carboxylic acids is 1. The Kier molecular flexibility index (Phi) is 5.49. The van der Waals surface area contributed by atoms with Crippen molar-refractivity contribution in [2.75, 3.05) is 0 Å². The molecule has 1 amide bonds. The molecule has 1 N–H and O–H groups in total. The monoisotopic (exact) mass is 294 g/mol. The Morgan fingerprint density at radius 2 is 1.59 bits per heavy atom. The van der Waals surface area contributed by atoms with Crippen LogP contribution in [0.25, 0.3) is 6.08 Å². The minimum absolute atomic E-state index is 0.189. The van der Waals surface area contributed by atoms with Gasteiger partial charge in [0.05, 0.1) is 12.0 Å². The molecule has 0 aliphatic rings. The summed E-state index contributed by atoms with van der Waals surface area (Å²) in [5.41, 5.74) is 1.69. The first-order chi connectivity index (χ1) is 10.6. The second kappa shape index (κ2) is 7.78. The standard InChI is InChI=1S/C18H17NO3/c20-17(12-11-14-7-3-1-4-8-14)19-16(18(21)22)13-15-9-5-2-6-10-15/h1-12,16H,13H2,(H,19,20)(H,21,22)/p-1/b12-11+/t16-/m0/s1. The molecular weight excluding hydrogens is 278 g/mol. The molecule has 0 bridgehead atoms. The number of carboxylic acids is 1. The zero-order valence-corrected chi connectivity index (χ0v) is 11.9. The van der Waals surface area contributed by atoms with Crippen LogP contribution in [0.1, 0.15) is 11.1 Å². The average Bonchev–Trinajstić information content (AvgIpc) is 2.54. The Bertz CT molecular complexity index is 651. The van der Waals surface area contributed by atoms with Crippen molar-refractivity contribution in [1.29, 1.82) is 0 Å². The maximum absolute atomic E-state index is 11.8. The third kappa shape index (κ3) is 4.90. The summed E-state index contributed by atoms with van der Waals surface area (Å²) in [4.78, 5) is 23.0. The van der Waals surface area contributed by atoms with Crippen LogP contribution in [-0.2, 0) is 16.0 Å². The lowest BCUT2D eigenvalue weighted by Gasteiger charge is -2.18. The summed E-state index contributed by atoms with van der Waals surface area (Å²) in [6.45, 7) is 0. The third-order valence-electron chi connectivity index (χ3n) is 3.11. The fourth-order valence-corrected chi connectivity index (χ4v) is 2.00. The predicted molar refractivity (Wildman–Crippen MR) is 82.6 cm³/mol. The Balaban J connectivity index is 1.97. The fourth-order valence-electron chi connectivity index (χ4n) is 2.00. The lowest BCUT2D eigenvalue weighted by atomic mass is 10.1. The van der Waals surface area contributed by atoms with Gasteiger partial charge < -0.3 is 15.2 Å². The number of carbonyl (C=O) groups is 2. The molecule has 22 heavy (non-hydrogen) atoms. The zero-order valence-electron chi connectivity index (χ0n) is 11.9. The summed E-state index contributed by atoms with van der Waals surface area (Å²) in [5.74, 6) is -1.76. The molecule has 0 aromatic heterocycles. The van der Waals surface area contributed by atoms with E-state index in [4.69, 9.17) is 0 Å². The first kappa shape index (κ1) is 15.5. The van der Waals surface area contributed by atoms with Crippen LogP contribution < -0.4 is 10.4 Å². The molecular formula is C18H16NO3-. The van der Waals surface area contributed by atoms with Gasteiger partial charge >= 0.3 is 0 Å². The number of nitrogens with one attached hydrogen (secondary N) is 1. The summed E-state index contributed by atoms with van der Waals surface area (Å²) < 4.78 is 0. The number of benzene rings is 2. The fraction of sp³-hybridized carbons (Fsp3) is 0.111. The molecule has 0 fully saturated rings. The van der Waals surface area contributed by atoms with Gasteiger partial charge in [0.15, 0.2) is 0 Å². The van der Waals surface area contributed by atoms with Crippen LogP contribution >= 0.6 is 0 Å². The predicted octanol–water partition coefficient (Wildman–Crippen LogP) is 1.18. The van der Waals surface area contributed by atoms with Crippen molar-refractivity contribution in [3.05, 3.63) is 77.9 Å². The van der Waals surface area contributed by atoms with E-state index in [1.807, 2.05) is 60.7 Å². The average molecular weight is 294 g/mol. The van der Waals surface area contributed by atoms with E-state index < -0.39 is 17.9 Å². The molecule has 2 aromatic carbocycles. The van der Waals surface area contributed by atoms with Gasteiger partial charge in [0.1, 0.15) is 0 Å². The molecule has 2 aromatic rings. The van der Waals surface area contributed by atoms with Gasteiger partial charge in [-0.2, -0.15) is 0 Å². The van der Waals surface area contributed by atoms with Gasteiger partial charge in [-0.3, -0.25) is 4.79 Å². The van der Waals surface area contributed by atoms with Gasteiger partial charge in [-0.25, -0.2) is 0 Å². The molecule has 4 nitrogen and oxygen atoms in total. The van der Waals surface area contributed by atoms with E-state index in [-0.39, 0.29) is 6.42 Å². The minimum atomic E-state index is -1.30. The minimum Gasteiger partial charge on any atom is -0.548 e. The lowest BCUT2D eigenvalue weighted by molar-refractivity contribution is -0.308. The zero-order chi connectivity index (χ0) is 15.8. The van der Waals surface area contributed by atoms with Gasteiger partial charge in [-0.15, -0.1) is 0 Å². The van der Waals surface area contributed by atoms with E-state index in [9.17, 15) is 14.7 Å². The first-order valence-electron chi connectivity index (χ1n) is 6.93. The summed E-state index contributed by atoms with van der Waals surface area (Å²) >= 11 is 0. The molecule has 0 aliphatic carbocycles. The van der Waals surface area contributed by atoms with Gasteiger partial charge in [0.25, 0.3) is 0 Å². The normalized spacial score (nSPS) is 12.0. The molecule has 4 heteroatoms. The highest BCUT2D eigenvalue weighted by molar-refractivity contribution is 5.94. The van der Waals surface area contributed by atoms with Crippen molar-refractivity contribution in [2.45, 2.75) is 12.5 Å². The summed E-state index contributed by atoms with van der Waals surface area (Å²) in [7, 11) is 0. The largest absolute Gasteiger partial charge is 0.548 e. The summed E-state index contributed by atoms with van der Waals surface area (Å²) in [6.07, 6.45) is 3.13. The SMILES string of the molecule is O=C(/C=C/c1ccccc1)N[C@@H](Cc1ccccc1)C(=O)[O-]. The van der Waals surface area contributed by atoms with E-state index in [1.54, 1.807) is 6.08 Å². The van der Waals surface area contributed by atoms with Crippen molar-refractivity contribution in [3.63, 3.8) is 0 Å². The van der Waals surface area contributed by atoms with Crippen LogP contribution in [0.15, 0.2) is 66.7 Å². The number of hydrogen-bond acceptors (Lipinski definition) is 3. The summed E-state index contributed by atoms with van der Waals surface area (Å²) in [5, 5.41) is 13.6. The van der Waals surface area contributed by atoms with Crippen LogP contribution in [0.3, 0.4) is 0 Å². The Hall–Kier alpha value is -2.88. The van der Waals surface area contributed by atoms with Crippen molar-refractivity contribution in [1.82, 2.24) is 5.32 Å². The number of carbonyl (C=O) groups excluding carboxylic acids is 2. The Labute approximate surface area is 129 Å². The van der Waals surface area contributed by atoms with E-state index in [0.717, 1.165) is 11.1 Å². The molecule has 1 atom stereocenters. The number of amides is 1. The first-order valence-corrected chi connectivity index (χ1v) is 6.93. The molecule has 0 aliphatic heterocycles. The maximum atomic E-state index is 11.8. The molecule has 2 rings (SSSR count). The summed E-state index contributed by atoms with van der Waals surface area (Å²) in [6, 6.07) is 17.3. The topological polar surface area (TPSA) is 69.2 Å². The maximum Gasteiger partial charge on any atom is 0.244 e. The molecule has 112 valence electrons. The highest BCUT2D eigenvalue weighted by Gasteiger charge is 2.12. The van der Waals surface area contributed by atoms with Crippen molar-refractivity contribution in [2.24, 2.45) is 0 Å². The van der Waals surface area contributed by atoms with Crippen LogP contribution in [0.2, 0.25) is 0 Å². The Morgan fingerprint density at radius 1 is 1.00 bits per heavy atom. The van der Waals surface area contributed by atoms with Gasteiger partial charge in [-0.1, -0.05) is 60.7 Å². The number of hydrogen-bond donors (Lipinski definition) is 1. The molecule has 0 spiro atoms. The van der Waals surface area contributed by atoms with Gasteiger partial charge in [0, 0.05) is 6.08 Å². The van der Waals surface area contributed by atoms with Crippen LogP contribution in [0, 0.1) is 0 Å². The van der Waals surface area contributed by atoms with Crippen molar-refractivity contribution < 1.29 is 14.7 Å². The van der Waals surface area contributed by atoms with Gasteiger partial charge in [-0.05, 0) is 23.6 Å². The molecule has 0 unspecified atom stereocenters. The van der Waals surface area contributed by atoms with Gasteiger partial charge in [0.2, 0.25) is 5.91 Å². The highest BCUT2D eigenvalue weighted by Crippen LogP contribution is 2.04. The van der Waals surface area contributed by atoms with E-state index >= 15 is 0 Å². The second-order valence-electron chi connectivity index (χ2n) is 4.81. The van der Waals surface area contributed by atoms with Crippen LogP contribution in [0.5, 0.6) is 0 Å². The third-order valence-corrected chi connectivity index (χ3v) is 3.11. The van der Waals surface area contributed by atoms with E-state index in [2.05, 4.69) is 5.32 Å². The van der Waals surface area contributed by atoms with E-state index in [0.29, 0.717) is 0 Å². The highest BCUT2D eigenvalue weighted by atomic mass is 16.4. The number of rotatable bonds is 6. The second-order valence-corrected chi connectivity index (χ2v) is 4.81. The smallest absolute Gasteiger partial charge is 0.244 e. The molecule has 0 heterocycles. The Morgan fingerprint density at radius 3 is 2.18 bits per heavy atom. The lowest BCUT2D eigenvalue weighted by Crippen LogP contribution is -2.48. The quantitative estimate of drug-likeness (QED) is 0.813. The molecule has 0 saturated carbocycles. The molecule has 0 radical (unpaired) electrons.